The van der Waals surface area contributed by atoms with Crippen molar-refractivity contribution in [3.05, 3.63) is 110 Å². The fourth-order valence-electron chi connectivity index (χ4n) is 2.47. The second-order valence-corrected chi connectivity index (χ2v) is 7.96. The zero-order valence-corrected chi connectivity index (χ0v) is 18.9. The monoisotopic (exact) mass is 449 g/mol. The van der Waals surface area contributed by atoms with Crippen LogP contribution in [0, 0.1) is 6.92 Å². The largest absolute Gasteiger partial charge is 0.512 e. The predicted molar refractivity (Wildman–Crippen MR) is 123 cm³/mol. The smallest absolute Gasteiger partial charge is 0.155 e. The molecule has 4 heteroatoms. The van der Waals surface area contributed by atoms with E-state index in [1.807, 2.05) is 0 Å². The molecule has 0 bridgehead atoms. The van der Waals surface area contributed by atoms with Gasteiger partial charge in [-0.05, 0) is 37.7 Å². The third-order valence-electron chi connectivity index (χ3n) is 3.46. The van der Waals surface area contributed by atoms with Crippen molar-refractivity contribution in [1.29, 1.82) is 0 Å². The molecule has 0 fully saturated rings. The Hall–Kier alpha value is -2.21. The molecule has 0 saturated carbocycles. The van der Waals surface area contributed by atoms with Gasteiger partial charge in [0.1, 0.15) is 0 Å². The van der Waals surface area contributed by atoms with Gasteiger partial charge in [-0.1, -0.05) is 91.0 Å². The Kier molecular flexibility index (Phi) is 14.5. The molecule has 0 unspecified atom stereocenters. The Morgan fingerprint density at radius 3 is 1.17 bits per heavy atom. The summed E-state index contributed by atoms with van der Waals surface area (Å²) in [6.07, 6.45) is 1.17. The molecule has 0 spiro atoms. The first-order chi connectivity index (χ1) is 13.6. The average molecular weight is 450 g/mol. The van der Waals surface area contributed by atoms with Crippen LogP contribution in [0.4, 0.5) is 0 Å². The summed E-state index contributed by atoms with van der Waals surface area (Å²) in [6.45, 7) is 7.85. The van der Waals surface area contributed by atoms with Gasteiger partial charge >= 0.3 is 0 Å². The summed E-state index contributed by atoms with van der Waals surface area (Å²) in [6, 6.07) is 32.3. The standard InChI is InChI=1S/C18H15P.C5H8O2.C2H5.Ni/c1-4-10-16(11-5-1)19(17-12-6-2-7-13-17)18-14-8-3-9-15-18;1-4(6)3-5(2)7;1-2;/h1-15H;3,6H,1-2H3;1H2,2H3;/q;;-1;/b;4-3-;;. The van der Waals surface area contributed by atoms with Crippen LogP contribution >= 0.6 is 7.92 Å². The van der Waals surface area contributed by atoms with Gasteiger partial charge in [0.15, 0.2) is 5.78 Å². The quantitative estimate of drug-likeness (QED) is 0.192. The Morgan fingerprint density at radius 1 is 0.724 bits per heavy atom. The first-order valence-electron chi connectivity index (χ1n) is 9.12. The zero-order valence-electron chi connectivity index (χ0n) is 17.1. The van der Waals surface area contributed by atoms with E-state index in [9.17, 15) is 4.79 Å². The van der Waals surface area contributed by atoms with Crippen molar-refractivity contribution in [1.82, 2.24) is 0 Å². The fourth-order valence-corrected chi connectivity index (χ4v) is 4.78. The molecule has 0 aliphatic heterocycles. The molecule has 0 heterocycles. The Morgan fingerprint density at radius 2 is 1.00 bits per heavy atom. The van der Waals surface area contributed by atoms with Crippen LogP contribution in [0.1, 0.15) is 20.8 Å². The van der Waals surface area contributed by atoms with E-state index in [-0.39, 0.29) is 28.0 Å². The van der Waals surface area contributed by atoms with Crippen molar-refractivity contribution in [2.75, 3.05) is 0 Å². The topological polar surface area (TPSA) is 37.3 Å². The number of carbonyl (C=O) groups excluding carboxylic acids is 1. The summed E-state index contributed by atoms with van der Waals surface area (Å²) in [4.78, 5) is 10.0. The molecule has 0 radical (unpaired) electrons. The normalized spacial score (nSPS) is 9.90. The average Bonchev–Trinajstić information content (AvgIpc) is 2.72. The summed E-state index contributed by atoms with van der Waals surface area (Å²) >= 11 is 0. The molecular formula is C25H28NiO2P-. The van der Waals surface area contributed by atoms with Crippen LogP contribution < -0.4 is 15.9 Å². The van der Waals surface area contributed by atoms with Crippen molar-refractivity contribution >= 4 is 29.6 Å². The molecule has 3 aromatic carbocycles. The number of carbonyl (C=O) groups is 1. The minimum atomic E-state index is -0.446. The minimum Gasteiger partial charge on any atom is -0.512 e. The molecule has 156 valence electrons. The third kappa shape index (κ3) is 10.2. The van der Waals surface area contributed by atoms with E-state index in [4.69, 9.17) is 5.11 Å². The van der Waals surface area contributed by atoms with Gasteiger partial charge in [-0.25, -0.2) is 0 Å². The molecule has 0 aromatic heterocycles. The molecule has 29 heavy (non-hydrogen) atoms. The molecular weight excluding hydrogens is 422 g/mol. The van der Waals surface area contributed by atoms with Gasteiger partial charge < -0.3 is 12.0 Å². The van der Waals surface area contributed by atoms with Gasteiger partial charge in [-0.2, -0.15) is 6.92 Å². The maximum Gasteiger partial charge on any atom is 0.155 e. The summed E-state index contributed by atoms with van der Waals surface area (Å²) in [7, 11) is -0.446. The van der Waals surface area contributed by atoms with Crippen LogP contribution in [0.2, 0.25) is 0 Å². The minimum absolute atomic E-state index is 0. The second kappa shape index (κ2) is 15.7. The van der Waals surface area contributed by atoms with E-state index in [1.165, 1.54) is 35.8 Å². The number of aliphatic hydroxyl groups is 1. The maximum absolute atomic E-state index is 10.0. The number of hydrogen-bond donors (Lipinski definition) is 1. The summed E-state index contributed by atoms with van der Waals surface area (Å²) < 4.78 is 0. The Labute approximate surface area is 186 Å². The van der Waals surface area contributed by atoms with E-state index in [2.05, 4.69) is 97.9 Å². The predicted octanol–water partition coefficient (Wildman–Crippen LogP) is 5.32. The first-order valence-corrected chi connectivity index (χ1v) is 10.5. The van der Waals surface area contributed by atoms with Crippen LogP contribution in [0.5, 0.6) is 0 Å². The van der Waals surface area contributed by atoms with Crippen molar-refractivity contribution in [3.63, 3.8) is 0 Å². The van der Waals surface area contributed by atoms with Crippen LogP contribution in [0.15, 0.2) is 103 Å². The molecule has 0 amide bonds. The van der Waals surface area contributed by atoms with Crippen molar-refractivity contribution in [2.45, 2.75) is 20.8 Å². The summed E-state index contributed by atoms with van der Waals surface area (Å²) in [5, 5.41) is 12.6. The molecule has 1 N–H and O–H groups in total. The number of ketones is 1. The van der Waals surface area contributed by atoms with Crippen LogP contribution in [0.25, 0.3) is 0 Å². The van der Waals surface area contributed by atoms with Gasteiger partial charge in [-0.3, -0.25) is 4.79 Å². The van der Waals surface area contributed by atoms with Crippen molar-refractivity contribution in [2.24, 2.45) is 0 Å². The molecule has 3 rings (SSSR count). The molecule has 0 saturated heterocycles. The number of allylic oxidation sites excluding steroid dienone is 2. The van der Waals surface area contributed by atoms with Gasteiger partial charge in [0, 0.05) is 22.6 Å². The van der Waals surface area contributed by atoms with Crippen molar-refractivity contribution < 1.29 is 26.4 Å². The van der Waals surface area contributed by atoms with Gasteiger partial charge in [0.25, 0.3) is 0 Å². The van der Waals surface area contributed by atoms with Gasteiger partial charge in [-0.15, -0.1) is 0 Å². The van der Waals surface area contributed by atoms with Crippen LogP contribution in [0.3, 0.4) is 0 Å². The third-order valence-corrected chi connectivity index (χ3v) is 5.90. The molecule has 0 atom stereocenters. The molecule has 3 aromatic rings. The summed E-state index contributed by atoms with van der Waals surface area (Å²) in [5.41, 5.74) is 0. The number of rotatable bonds is 4. The van der Waals surface area contributed by atoms with E-state index in [0.29, 0.717) is 0 Å². The Bertz CT molecular complexity index is 737. The molecule has 0 aliphatic carbocycles. The number of hydrogen-bond acceptors (Lipinski definition) is 2. The van der Waals surface area contributed by atoms with Crippen LogP contribution in [-0.2, 0) is 21.3 Å². The van der Waals surface area contributed by atoms with Crippen LogP contribution in [-0.4, -0.2) is 10.9 Å². The van der Waals surface area contributed by atoms with E-state index in [1.54, 1.807) is 6.92 Å². The first kappa shape index (κ1) is 26.8. The van der Waals surface area contributed by atoms with E-state index >= 15 is 0 Å². The van der Waals surface area contributed by atoms with Crippen molar-refractivity contribution in [3.8, 4) is 0 Å². The number of aliphatic hydroxyl groups excluding tert-OH is 1. The Balaban J connectivity index is 0.000000675. The SMILES string of the molecule is CC(=O)/C=C(/C)O.[CH2-]C.[Ni].c1ccc(P(c2ccccc2)c2ccccc2)cc1. The maximum atomic E-state index is 10.0. The van der Waals surface area contributed by atoms with Gasteiger partial charge in [0.2, 0.25) is 0 Å². The molecule has 0 aliphatic rings. The van der Waals surface area contributed by atoms with Gasteiger partial charge in [0.05, 0.1) is 5.76 Å². The fraction of sp³-hybridized carbons (Fsp3) is 0.120. The second-order valence-electron chi connectivity index (χ2n) is 5.74. The summed E-state index contributed by atoms with van der Waals surface area (Å²) in [5.74, 6) is -0.0625. The van der Waals surface area contributed by atoms with E-state index < -0.39 is 7.92 Å². The zero-order chi connectivity index (χ0) is 20.8. The molecule has 2 nitrogen and oxygen atoms in total. The van der Waals surface area contributed by atoms with E-state index in [0.717, 1.165) is 0 Å². The number of benzene rings is 3.